The molecule has 0 N–H and O–H groups in total. The van der Waals surface area contributed by atoms with E-state index in [1.54, 1.807) is 0 Å². The van der Waals surface area contributed by atoms with Gasteiger partial charge in [0.1, 0.15) is 0 Å². The highest BCUT2D eigenvalue weighted by atomic mass is 16.5. The number of aryl methyl sites for hydroxylation is 1. The van der Waals surface area contributed by atoms with E-state index in [0.29, 0.717) is 5.82 Å². The minimum absolute atomic E-state index is 0.132. The van der Waals surface area contributed by atoms with Crippen molar-refractivity contribution >= 4 is 0 Å². The summed E-state index contributed by atoms with van der Waals surface area (Å²) >= 11 is 0. The lowest BCUT2D eigenvalue weighted by atomic mass is 10.1. The molecule has 0 fully saturated rings. The molecular formula is C12H13N2O2. The molecule has 4 nitrogen and oxygen atoms in total. The lowest BCUT2D eigenvalue weighted by Crippen LogP contribution is -1.85. The molecule has 83 valence electrons. The maximum atomic E-state index is 10.5. The number of benzene rings is 1. The number of aromatic nitrogens is 2. The summed E-state index contributed by atoms with van der Waals surface area (Å²) in [4.78, 5) is 3.98. The van der Waals surface area contributed by atoms with Crippen LogP contribution in [0.5, 0.6) is 0 Å². The Morgan fingerprint density at radius 2 is 2.00 bits per heavy atom. The predicted molar refractivity (Wildman–Crippen MR) is 58.1 cm³/mol. The molecule has 1 aromatic heterocycles. The topological polar surface area (TPSA) is 58.8 Å². The second-order valence-corrected chi connectivity index (χ2v) is 3.60. The molecule has 0 atom stereocenters. The molecule has 0 saturated carbocycles. The van der Waals surface area contributed by atoms with E-state index in [0.717, 1.165) is 18.4 Å². The molecule has 0 aliphatic carbocycles. The van der Waals surface area contributed by atoms with E-state index in [1.807, 2.05) is 24.3 Å². The van der Waals surface area contributed by atoms with E-state index in [-0.39, 0.29) is 5.89 Å². The molecule has 0 aliphatic heterocycles. The molecule has 4 heteroatoms. The van der Waals surface area contributed by atoms with Crippen LogP contribution in [-0.2, 0) is 18.1 Å². The van der Waals surface area contributed by atoms with Gasteiger partial charge in [-0.05, 0) is 12.0 Å². The number of hydrogen-bond donors (Lipinski definition) is 0. The molecule has 1 radical (unpaired) electrons. The zero-order valence-corrected chi connectivity index (χ0v) is 9.14. The van der Waals surface area contributed by atoms with Crippen LogP contribution in [0.3, 0.4) is 0 Å². The van der Waals surface area contributed by atoms with Crippen molar-refractivity contribution in [2.24, 2.45) is 0 Å². The van der Waals surface area contributed by atoms with E-state index in [4.69, 9.17) is 4.52 Å². The summed E-state index contributed by atoms with van der Waals surface area (Å²) in [5.74, 6) is 0.613. The van der Waals surface area contributed by atoms with Crippen LogP contribution in [0.15, 0.2) is 28.8 Å². The second-order valence-electron chi connectivity index (χ2n) is 3.60. The molecule has 0 saturated heterocycles. The zero-order chi connectivity index (χ0) is 11.4. The maximum absolute atomic E-state index is 10.5. The number of rotatable bonds is 4. The van der Waals surface area contributed by atoms with Crippen LogP contribution >= 0.6 is 0 Å². The normalized spacial score (nSPS) is 10.6. The molecule has 0 bridgehead atoms. The Morgan fingerprint density at radius 3 is 2.56 bits per heavy atom. The van der Waals surface area contributed by atoms with Crippen LogP contribution in [-0.4, -0.2) is 10.1 Å². The zero-order valence-electron chi connectivity index (χ0n) is 9.14. The van der Waals surface area contributed by atoms with Gasteiger partial charge in [0.05, 0.1) is 0 Å². The standard InChI is InChI=1S/C12H13N2O2/c1-2-3-9-4-6-10(7-5-9)12-13-11(8-15)16-14-12/h4-7H,2-3,8H2,1H3. The van der Waals surface area contributed by atoms with Gasteiger partial charge >= 0.3 is 0 Å². The molecular weight excluding hydrogens is 204 g/mol. The number of nitrogens with zero attached hydrogens (tertiary/aromatic N) is 2. The van der Waals surface area contributed by atoms with Crippen LogP contribution in [0.1, 0.15) is 24.8 Å². The summed E-state index contributed by atoms with van der Waals surface area (Å²) in [7, 11) is 0. The third kappa shape index (κ3) is 2.28. The van der Waals surface area contributed by atoms with Gasteiger partial charge in [-0.25, -0.2) is 5.11 Å². The van der Waals surface area contributed by atoms with Gasteiger partial charge in [0, 0.05) is 5.56 Å². The maximum Gasteiger partial charge on any atom is 0.256 e. The van der Waals surface area contributed by atoms with Gasteiger partial charge in [0.25, 0.3) is 5.89 Å². The fourth-order valence-electron chi connectivity index (χ4n) is 1.54. The monoisotopic (exact) mass is 217 g/mol. The van der Waals surface area contributed by atoms with Crippen molar-refractivity contribution in [1.82, 2.24) is 10.1 Å². The molecule has 0 spiro atoms. The minimum Gasteiger partial charge on any atom is -0.336 e. The van der Waals surface area contributed by atoms with E-state index in [1.165, 1.54) is 5.56 Å². The first-order valence-electron chi connectivity index (χ1n) is 5.33. The predicted octanol–water partition coefficient (Wildman–Crippen LogP) is 2.62. The summed E-state index contributed by atoms with van der Waals surface area (Å²) in [6, 6.07) is 7.99. The molecule has 0 amide bonds. The number of hydrogen-bond acceptors (Lipinski definition) is 3. The van der Waals surface area contributed by atoms with Crippen molar-refractivity contribution in [3.63, 3.8) is 0 Å². The van der Waals surface area contributed by atoms with Crippen LogP contribution < -0.4 is 0 Å². The molecule has 0 aliphatic rings. The lowest BCUT2D eigenvalue weighted by Gasteiger charge is -1.98. The summed E-state index contributed by atoms with van der Waals surface area (Å²) in [6.45, 7) is 1.68. The second kappa shape index (κ2) is 4.90. The molecule has 1 heterocycles. The summed E-state index contributed by atoms with van der Waals surface area (Å²) in [5.41, 5.74) is 2.17. The average molecular weight is 217 g/mol. The Balaban J connectivity index is 2.20. The Labute approximate surface area is 93.9 Å². The lowest BCUT2D eigenvalue weighted by molar-refractivity contribution is 0.142. The van der Waals surface area contributed by atoms with Gasteiger partial charge < -0.3 is 4.52 Å². The Bertz CT molecular complexity index is 448. The van der Waals surface area contributed by atoms with E-state index in [2.05, 4.69) is 17.1 Å². The van der Waals surface area contributed by atoms with Crippen molar-refractivity contribution < 1.29 is 9.63 Å². The first-order valence-corrected chi connectivity index (χ1v) is 5.33. The van der Waals surface area contributed by atoms with Gasteiger partial charge in [-0.2, -0.15) is 4.98 Å². The first kappa shape index (κ1) is 10.8. The highest BCUT2D eigenvalue weighted by molar-refractivity contribution is 5.54. The third-order valence-corrected chi connectivity index (χ3v) is 2.34. The van der Waals surface area contributed by atoms with E-state index in [9.17, 15) is 5.11 Å². The van der Waals surface area contributed by atoms with Crippen molar-refractivity contribution in [1.29, 1.82) is 0 Å². The molecule has 2 rings (SSSR count). The summed E-state index contributed by atoms with van der Waals surface area (Å²) in [6.07, 6.45) is 2.19. The largest absolute Gasteiger partial charge is 0.336 e. The van der Waals surface area contributed by atoms with Crippen LogP contribution in [0.2, 0.25) is 0 Å². The first-order chi connectivity index (χ1) is 7.83. The van der Waals surface area contributed by atoms with Crippen molar-refractivity contribution in [2.75, 3.05) is 0 Å². The molecule has 2 aromatic rings. The highest BCUT2D eigenvalue weighted by Gasteiger charge is 2.07. The van der Waals surface area contributed by atoms with Crippen molar-refractivity contribution in [3.05, 3.63) is 35.7 Å². The van der Waals surface area contributed by atoms with Gasteiger partial charge in [-0.1, -0.05) is 42.8 Å². The Kier molecular flexibility index (Phi) is 3.31. The van der Waals surface area contributed by atoms with Crippen LogP contribution in [0.4, 0.5) is 0 Å². The summed E-state index contributed by atoms with van der Waals surface area (Å²) in [5, 5.41) is 14.3. The van der Waals surface area contributed by atoms with Crippen LogP contribution in [0, 0.1) is 0 Å². The Hall–Kier alpha value is -1.68. The third-order valence-electron chi connectivity index (χ3n) is 2.34. The minimum atomic E-state index is -0.471. The molecule has 1 aromatic carbocycles. The molecule has 0 unspecified atom stereocenters. The highest BCUT2D eigenvalue weighted by Crippen LogP contribution is 2.17. The summed E-state index contributed by atoms with van der Waals surface area (Å²) < 4.78 is 4.77. The SMILES string of the molecule is CCCc1ccc(-c2noc(C[O])n2)cc1. The van der Waals surface area contributed by atoms with Gasteiger partial charge in [0.15, 0.2) is 6.61 Å². The quantitative estimate of drug-likeness (QED) is 0.790. The fraction of sp³-hybridized carbons (Fsp3) is 0.333. The molecule has 16 heavy (non-hydrogen) atoms. The van der Waals surface area contributed by atoms with E-state index < -0.39 is 6.61 Å². The van der Waals surface area contributed by atoms with Gasteiger partial charge in [0.2, 0.25) is 5.82 Å². The smallest absolute Gasteiger partial charge is 0.256 e. The van der Waals surface area contributed by atoms with Gasteiger partial charge in [-0.15, -0.1) is 0 Å². The average Bonchev–Trinajstić information content (AvgIpc) is 2.79. The fourth-order valence-corrected chi connectivity index (χ4v) is 1.54. The van der Waals surface area contributed by atoms with Crippen molar-refractivity contribution in [3.8, 4) is 11.4 Å². The van der Waals surface area contributed by atoms with Crippen LogP contribution in [0.25, 0.3) is 11.4 Å². The Morgan fingerprint density at radius 1 is 1.25 bits per heavy atom. The van der Waals surface area contributed by atoms with Gasteiger partial charge in [-0.3, -0.25) is 0 Å². The van der Waals surface area contributed by atoms with E-state index >= 15 is 0 Å². The van der Waals surface area contributed by atoms with Crippen molar-refractivity contribution in [2.45, 2.75) is 26.4 Å².